The first-order valence-corrected chi connectivity index (χ1v) is 5.93. The quantitative estimate of drug-likeness (QED) is 0.599. The van der Waals surface area contributed by atoms with Crippen LogP contribution in [0, 0.1) is 0 Å². The number of carbonyl (C=O) groups is 1. The lowest BCUT2D eigenvalue weighted by molar-refractivity contribution is -0.115. The van der Waals surface area contributed by atoms with E-state index < -0.39 is 0 Å². The maximum Gasteiger partial charge on any atom is 0.253 e. The number of unbranched alkanes of at least 4 members (excludes halogenated alkanes) is 1. The molecule has 0 spiro atoms. The smallest absolute Gasteiger partial charge is 0.253 e. The minimum atomic E-state index is -0.140. The van der Waals surface area contributed by atoms with Crippen LogP contribution in [0.1, 0.15) is 19.8 Å². The zero-order valence-electron chi connectivity index (χ0n) is 10.6. The largest absolute Gasteiger partial charge is 0.508 e. The molecule has 4 heteroatoms. The van der Waals surface area contributed by atoms with Crippen molar-refractivity contribution in [2.75, 3.05) is 18.1 Å². The van der Waals surface area contributed by atoms with Crippen molar-refractivity contribution in [3.05, 3.63) is 36.4 Å². The first kappa shape index (κ1) is 14.3. The van der Waals surface area contributed by atoms with Crippen LogP contribution in [0.4, 0.5) is 5.69 Å². The van der Waals surface area contributed by atoms with Gasteiger partial charge in [0.25, 0.3) is 5.91 Å². The molecule has 0 saturated carbocycles. The number of anilines is 1. The van der Waals surface area contributed by atoms with Crippen molar-refractivity contribution in [3.8, 4) is 5.75 Å². The maximum absolute atomic E-state index is 12.0. The number of hydrogen-bond acceptors (Lipinski definition) is 3. The van der Waals surface area contributed by atoms with Crippen molar-refractivity contribution < 1.29 is 15.0 Å². The second kappa shape index (κ2) is 6.81. The van der Waals surface area contributed by atoms with Crippen LogP contribution >= 0.6 is 0 Å². The number of benzene rings is 1. The number of phenols is 1. The topological polar surface area (TPSA) is 60.8 Å². The molecule has 1 aromatic carbocycles. The SMILES string of the molecule is C=C(C)C(=O)N(CCCCO)c1ccc(O)cc1. The lowest BCUT2D eigenvalue weighted by atomic mass is 10.2. The predicted molar refractivity (Wildman–Crippen MR) is 71.6 cm³/mol. The molecule has 0 aliphatic carbocycles. The van der Waals surface area contributed by atoms with Crippen LogP contribution in [0.5, 0.6) is 5.75 Å². The van der Waals surface area contributed by atoms with Crippen molar-refractivity contribution in [1.82, 2.24) is 0 Å². The molecule has 0 unspecified atom stereocenters. The number of aliphatic hydroxyl groups is 1. The van der Waals surface area contributed by atoms with Crippen molar-refractivity contribution in [2.45, 2.75) is 19.8 Å². The molecule has 0 aromatic heterocycles. The van der Waals surface area contributed by atoms with Crippen molar-refractivity contribution >= 4 is 11.6 Å². The first-order chi connectivity index (χ1) is 8.56. The molecule has 0 bridgehead atoms. The molecule has 0 heterocycles. The molecular formula is C14H19NO3. The van der Waals surface area contributed by atoms with E-state index in [2.05, 4.69) is 6.58 Å². The summed E-state index contributed by atoms with van der Waals surface area (Å²) >= 11 is 0. The number of amides is 1. The molecule has 18 heavy (non-hydrogen) atoms. The Kier molecular flexibility index (Phi) is 5.39. The molecule has 0 saturated heterocycles. The summed E-state index contributed by atoms with van der Waals surface area (Å²) in [6, 6.07) is 6.46. The third-order valence-corrected chi connectivity index (χ3v) is 2.56. The Labute approximate surface area is 107 Å². The maximum atomic E-state index is 12.0. The normalized spacial score (nSPS) is 10.1. The van der Waals surface area contributed by atoms with E-state index in [0.29, 0.717) is 18.5 Å². The Morgan fingerprint density at radius 1 is 1.28 bits per heavy atom. The third-order valence-electron chi connectivity index (χ3n) is 2.56. The highest BCUT2D eigenvalue weighted by Crippen LogP contribution is 2.20. The van der Waals surface area contributed by atoms with Gasteiger partial charge in [0.15, 0.2) is 0 Å². The standard InChI is InChI=1S/C14H19NO3/c1-11(2)14(18)15(9-3-4-10-16)12-5-7-13(17)8-6-12/h5-8,16-17H,1,3-4,9-10H2,2H3. The number of phenolic OH excluding ortho intramolecular Hbond substituents is 1. The van der Waals surface area contributed by atoms with Gasteiger partial charge in [-0.05, 0) is 44.0 Å². The molecule has 0 fully saturated rings. The Hall–Kier alpha value is -1.81. The van der Waals surface area contributed by atoms with E-state index in [4.69, 9.17) is 5.11 Å². The third kappa shape index (κ3) is 3.89. The molecule has 0 radical (unpaired) electrons. The minimum absolute atomic E-state index is 0.116. The summed E-state index contributed by atoms with van der Waals surface area (Å²) in [5.41, 5.74) is 1.19. The van der Waals surface area contributed by atoms with Crippen LogP contribution in [0.2, 0.25) is 0 Å². The van der Waals surface area contributed by atoms with Crippen molar-refractivity contribution in [3.63, 3.8) is 0 Å². The van der Waals surface area contributed by atoms with Gasteiger partial charge >= 0.3 is 0 Å². The van der Waals surface area contributed by atoms with Gasteiger partial charge < -0.3 is 15.1 Å². The number of aliphatic hydroxyl groups excluding tert-OH is 1. The Balaban J connectivity index is 2.85. The van der Waals surface area contributed by atoms with E-state index in [1.165, 1.54) is 0 Å². The summed E-state index contributed by atoms with van der Waals surface area (Å²) in [7, 11) is 0. The van der Waals surface area contributed by atoms with E-state index in [1.54, 1.807) is 36.1 Å². The summed E-state index contributed by atoms with van der Waals surface area (Å²) in [6.45, 7) is 5.97. The number of aromatic hydroxyl groups is 1. The van der Waals surface area contributed by atoms with Gasteiger partial charge in [-0.1, -0.05) is 6.58 Å². The van der Waals surface area contributed by atoms with E-state index >= 15 is 0 Å². The fraction of sp³-hybridized carbons (Fsp3) is 0.357. The first-order valence-electron chi connectivity index (χ1n) is 5.93. The van der Waals surface area contributed by atoms with Gasteiger partial charge in [0, 0.05) is 24.4 Å². The number of nitrogens with zero attached hydrogens (tertiary/aromatic N) is 1. The Bertz CT molecular complexity index is 412. The summed E-state index contributed by atoms with van der Waals surface area (Å²) in [6.07, 6.45) is 1.37. The molecule has 1 rings (SSSR count). The highest BCUT2D eigenvalue weighted by molar-refractivity contribution is 6.04. The number of hydrogen-bond donors (Lipinski definition) is 2. The predicted octanol–water partition coefficient (Wildman–Crippen LogP) is 2.07. The Morgan fingerprint density at radius 3 is 2.39 bits per heavy atom. The molecule has 0 aliphatic heterocycles. The highest BCUT2D eigenvalue weighted by atomic mass is 16.3. The number of carbonyl (C=O) groups excluding carboxylic acids is 1. The van der Waals surface area contributed by atoms with Gasteiger partial charge in [0.2, 0.25) is 0 Å². The van der Waals surface area contributed by atoms with Gasteiger partial charge in [-0.15, -0.1) is 0 Å². The average molecular weight is 249 g/mol. The van der Waals surface area contributed by atoms with Crippen molar-refractivity contribution in [1.29, 1.82) is 0 Å². The van der Waals surface area contributed by atoms with E-state index in [1.807, 2.05) is 0 Å². The molecular weight excluding hydrogens is 230 g/mol. The van der Waals surface area contributed by atoms with Crippen LogP contribution in [0.3, 0.4) is 0 Å². The summed E-state index contributed by atoms with van der Waals surface area (Å²) in [4.78, 5) is 13.6. The van der Waals surface area contributed by atoms with Gasteiger partial charge in [-0.3, -0.25) is 4.79 Å². The van der Waals surface area contributed by atoms with Gasteiger partial charge in [0.05, 0.1) is 0 Å². The Morgan fingerprint density at radius 2 is 1.89 bits per heavy atom. The molecule has 1 aromatic rings. The van der Waals surface area contributed by atoms with E-state index in [-0.39, 0.29) is 18.3 Å². The van der Waals surface area contributed by atoms with Gasteiger partial charge in [-0.2, -0.15) is 0 Å². The fourth-order valence-electron chi connectivity index (χ4n) is 1.59. The van der Waals surface area contributed by atoms with Crippen LogP contribution in [0.15, 0.2) is 36.4 Å². The zero-order chi connectivity index (χ0) is 13.5. The van der Waals surface area contributed by atoms with E-state index in [9.17, 15) is 9.90 Å². The second-order valence-corrected chi connectivity index (χ2v) is 4.18. The molecule has 4 nitrogen and oxygen atoms in total. The van der Waals surface area contributed by atoms with Crippen LogP contribution in [-0.4, -0.2) is 29.3 Å². The second-order valence-electron chi connectivity index (χ2n) is 4.18. The fourth-order valence-corrected chi connectivity index (χ4v) is 1.59. The van der Waals surface area contributed by atoms with Crippen LogP contribution in [-0.2, 0) is 4.79 Å². The van der Waals surface area contributed by atoms with Crippen LogP contribution < -0.4 is 4.90 Å². The number of rotatable bonds is 6. The van der Waals surface area contributed by atoms with Crippen LogP contribution in [0.25, 0.3) is 0 Å². The lowest BCUT2D eigenvalue weighted by Gasteiger charge is -2.23. The molecule has 0 atom stereocenters. The summed E-state index contributed by atoms with van der Waals surface area (Å²) in [5, 5.41) is 18.0. The molecule has 2 N–H and O–H groups in total. The summed E-state index contributed by atoms with van der Waals surface area (Å²) < 4.78 is 0. The molecule has 1 amide bonds. The zero-order valence-corrected chi connectivity index (χ0v) is 10.6. The van der Waals surface area contributed by atoms with Gasteiger partial charge in [0.1, 0.15) is 5.75 Å². The van der Waals surface area contributed by atoms with Gasteiger partial charge in [-0.25, -0.2) is 0 Å². The molecule has 98 valence electrons. The monoisotopic (exact) mass is 249 g/mol. The van der Waals surface area contributed by atoms with Crippen molar-refractivity contribution in [2.24, 2.45) is 0 Å². The lowest BCUT2D eigenvalue weighted by Crippen LogP contribution is -2.32. The van der Waals surface area contributed by atoms with E-state index in [0.717, 1.165) is 12.1 Å². The summed E-state index contributed by atoms with van der Waals surface area (Å²) in [5.74, 6) is 0.0236. The minimum Gasteiger partial charge on any atom is -0.508 e. The average Bonchev–Trinajstić information content (AvgIpc) is 2.35. The molecule has 0 aliphatic rings. The highest BCUT2D eigenvalue weighted by Gasteiger charge is 2.15.